The Morgan fingerprint density at radius 2 is 1.31 bits per heavy atom. The molecule has 5 atom stereocenters. The summed E-state index contributed by atoms with van der Waals surface area (Å²) in [6.07, 6.45) is 17.6. The molecule has 10 rings (SSSR count). The summed E-state index contributed by atoms with van der Waals surface area (Å²) in [5.74, 6) is 4.09. The van der Waals surface area contributed by atoms with Crippen LogP contribution in [-0.2, 0) is 42.2 Å². The minimum absolute atomic E-state index is 0.000870. The van der Waals surface area contributed by atoms with Crippen molar-refractivity contribution >= 4 is 22.9 Å². The van der Waals surface area contributed by atoms with Crippen molar-refractivity contribution < 1.29 is 38.0 Å². The summed E-state index contributed by atoms with van der Waals surface area (Å²) >= 11 is 0. The zero-order valence-corrected chi connectivity index (χ0v) is 50.6. The van der Waals surface area contributed by atoms with Gasteiger partial charge >= 0.3 is 0 Å². The number of rotatable bonds is 16. The van der Waals surface area contributed by atoms with Crippen molar-refractivity contribution in [3.05, 3.63) is 82.0 Å². The number of Topliss-reactive ketones (excluding diaryl/α,β-unsaturated/α-hetero) is 2. The van der Waals surface area contributed by atoms with Gasteiger partial charge < -0.3 is 28.4 Å². The second-order valence-corrected chi connectivity index (χ2v) is 25.3. The molecule has 0 N–H and O–H groups in total. The van der Waals surface area contributed by atoms with Crippen LogP contribution in [-0.4, -0.2) is 105 Å². The smallest absolute Gasteiger partial charge is 0.186 e. The molecule has 0 amide bonds. The number of imidazole rings is 2. The highest BCUT2D eigenvalue weighted by Gasteiger charge is 2.38. The largest absolute Gasteiger partial charge is 0.493 e. The van der Waals surface area contributed by atoms with Gasteiger partial charge in [0, 0.05) is 61.2 Å². The monoisotopic (exact) mass is 1110 g/mol. The van der Waals surface area contributed by atoms with Crippen molar-refractivity contribution in [2.75, 3.05) is 40.6 Å². The summed E-state index contributed by atoms with van der Waals surface area (Å²) in [5.41, 5.74) is 10.8. The first-order valence-corrected chi connectivity index (χ1v) is 30.4. The molecule has 2 fully saturated rings. The van der Waals surface area contributed by atoms with E-state index in [2.05, 4.69) is 80.1 Å². The number of benzene rings is 2. The van der Waals surface area contributed by atoms with E-state index in [-0.39, 0.29) is 52.5 Å². The summed E-state index contributed by atoms with van der Waals surface area (Å²) in [6, 6.07) is 8.61. The van der Waals surface area contributed by atoms with Gasteiger partial charge in [-0.25, -0.2) is 9.97 Å². The van der Waals surface area contributed by atoms with Crippen LogP contribution >= 0.6 is 0 Å². The van der Waals surface area contributed by atoms with Crippen LogP contribution in [0.15, 0.2) is 41.5 Å². The highest BCUT2D eigenvalue weighted by molar-refractivity contribution is 6.22. The fourth-order valence-electron chi connectivity index (χ4n) is 13.1. The summed E-state index contributed by atoms with van der Waals surface area (Å²) < 4.78 is 44.0. The van der Waals surface area contributed by atoms with E-state index in [1.165, 1.54) is 0 Å². The third-order valence-corrected chi connectivity index (χ3v) is 18.2. The van der Waals surface area contributed by atoms with Gasteiger partial charge in [-0.1, -0.05) is 33.8 Å². The number of hydrogen-bond donors (Lipinski definition) is 0. The number of aromatic nitrogens is 6. The standard InChI is InChI=1S/C66H89N7O8/c1-13-48-19-14-20-49(42(5)68-48)63-69-59(61(74)44-17-15-31-78-38-65(7,8)28-26-44)51-23-21-47-34-56(77-12)58(36-54(47)72(51)63)81-41(4)25-29-66(9)30-27-45(18-16-32-79-39-66)62(75)60-52-24-22-46-33-55(76-11)57(80-40(2)3)35-53(46)73(52)64(70-60)50-37-67-71(10)43(50)6/h20,33-37,40-41,44-45,48H,13-19,21-32,38-39H2,1-12H3. The fourth-order valence-corrected chi connectivity index (χ4v) is 13.1. The van der Waals surface area contributed by atoms with Crippen LogP contribution in [0.4, 0.5) is 0 Å². The van der Waals surface area contributed by atoms with Crippen LogP contribution in [0.2, 0.25) is 0 Å². The van der Waals surface area contributed by atoms with Gasteiger partial charge in [0.2, 0.25) is 0 Å². The molecule has 15 nitrogen and oxygen atoms in total. The molecule has 2 saturated heterocycles. The Labute approximate surface area is 480 Å². The summed E-state index contributed by atoms with van der Waals surface area (Å²) in [4.78, 5) is 46.1. The number of ketones is 2. The lowest BCUT2D eigenvalue weighted by Gasteiger charge is -2.31. The number of nitrogens with zero attached hydrogens (tertiary/aromatic N) is 7. The van der Waals surface area contributed by atoms with E-state index in [1.54, 1.807) is 14.2 Å². The Balaban J connectivity index is 0.903. The molecule has 15 heteroatoms. The van der Waals surface area contributed by atoms with Crippen LogP contribution in [0.1, 0.15) is 194 Å². The average molecular weight is 1110 g/mol. The van der Waals surface area contributed by atoms with Crippen molar-refractivity contribution in [3.63, 3.8) is 0 Å². The molecule has 3 aromatic heterocycles. The topological polar surface area (TPSA) is 155 Å². The third-order valence-electron chi connectivity index (χ3n) is 18.2. The summed E-state index contributed by atoms with van der Waals surface area (Å²) in [7, 11) is 5.32. The third kappa shape index (κ3) is 12.2. The van der Waals surface area contributed by atoms with Crippen molar-refractivity contribution in [3.8, 4) is 45.8 Å². The van der Waals surface area contributed by atoms with Crippen LogP contribution in [0, 0.1) is 29.6 Å². The number of aliphatic imine (C=N–C) groups is 1. The first kappa shape index (κ1) is 58.1. The zero-order chi connectivity index (χ0) is 57.3. The number of methoxy groups -OCH3 is 2. The lowest BCUT2D eigenvalue weighted by molar-refractivity contribution is 0.0378. The number of allylic oxidation sites excluding steroid dienone is 2. The van der Waals surface area contributed by atoms with E-state index in [4.69, 9.17) is 43.4 Å². The normalized spacial score (nSPS) is 22.6. The van der Waals surface area contributed by atoms with Crippen molar-refractivity contribution in [1.82, 2.24) is 28.9 Å². The Kier molecular flexibility index (Phi) is 17.5. The van der Waals surface area contributed by atoms with Crippen LogP contribution in [0.25, 0.3) is 28.3 Å². The van der Waals surface area contributed by atoms with E-state index < -0.39 is 0 Å². The zero-order valence-electron chi connectivity index (χ0n) is 50.6. The van der Waals surface area contributed by atoms with Gasteiger partial charge in [0.1, 0.15) is 23.0 Å². The maximum absolute atomic E-state index is 15.2. The maximum Gasteiger partial charge on any atom is 0.186 e. The number of aryl methyl sites for hydroxylation is 3. The van der Waals surface area contributed by atoms with Crippen molar-refractivity contribution in [1.29, 1.82) is 0 Å². The second kappa shape index (κ2) is 24.4. The highest BCUT2D eigenvalue weighted by atomic mass is 16.5. The molecule has 0 bridgehead atoms. The van der Waals surface area contributed by atoms with Gasteiger partial charge in [-0.05, 0) is 178 Å². The highest BCUT2D eigenvalue weighted by Crippen LogP contribution is 2.45. The lowest BCUT2D eigenvalue weighted by Crippen LogP contribution is -2.27. The molecule has 0 aliphatic carbocycles. The molecular weight excluding hydrogens is 1020 g/mol. The van der Waals surface area contributed by atoms with Crippen LogP contribution in [0.3, 0.4) is 0 Å². The molecule has 81 heavy (non-hydrogen) atoms. The Morgan fingerprint density at radius 1 is 0.728 bits per heavy atom. The van der Waals surface area contributed by atoms with E-state index in [0.29, 0.717) is 73.7 Å². The van der Waals surface area contributed by atoms with Crippen molar-refractivity contribution in [2.45, 2.75) is 190 Å². The quantitative estimate of drug-likeness (QED) is 0.0867. The molecule has 2 aromatic carbocycles. The molecule has 0 spiro atoms. The Morgan fingerprint density at radius 3 is 1.89 bits per heavy atom. The predicted octanol–water partition coefficient (Wildman–Crippen LogP) is 13.2. The van der Waals surface area contributed by atoms with E-state index in [1.807, 2.05) is 44.8 Å². The number of ether oxygens (including phenoxy) is 6. The fraction of sp³-hybridized carbons (Fsp3) is 0.606. The number of fused-ring (bicyclic) bond motifs is 6. The molecule has 436 valence electrons. The van der Waals surface area contributed by atoms with Gasteiger partial charge in [-0.15, -0.1) is 0 Å². The van der Waals surface area contributed by atoms with Crippen LogP contribution < -0.4 is 18.9 Å². The minimum Gasteiger partial charge on any atom is -0.493 e. The van der Waals surface area contributed by atoms with Gasteiger partial charge in [0.15, 0.2) is 34.6 Å². The molecule has 0 radical (unpaired) electrons. The Hall–Kier alpha value is -6.06. The van der Waals surface area contributed by atoms with E-state index >= 15 is 4.79 Å². The maximum atomic E-state index is 15.2. The molecule has 5 aromatic rings. The molecule has 5 aliphatic rings. The first-order valence-electron chi connectivity index (χ1n) is 30.4. The number of carbonyl (C=O) groups is 2. The number of hydrogen-bond acceptors (Lipinski definition) is 12. The molecule has 0 saturated carbocycles. The van der Waals surface area contributed by atoms with Gasteiger partial charge in [-0.3, -0.25) is 28.4 Å². The predicted molar refractivity (Wildman–Crippen MR) is 318 cm³/mol. The molecule has 8 heterocycles. The summed E-state index contributed by atoms with van der Waals surface area (Å²) in [6.45, 7) is 21.9. The molecule has 5 unspecified atom stereocenters. The SMILES string of the molecule is CCC1CCC=C(c2nc(C(=O)C3CCCOCC(C)(C)CC3)c3n2-c2cc(OC(C)CCC4(C)CCC(C(=O)c5nc(-c6cnn(C)c6C)n6c5CCc5cc(OC)c(OC(C)C)cc5-6)CCCOC4)c(OC)cc2CC3)C(C)=N1. The lowest BCUT2D eigenvalue weighted by atomic mass is 9.77. The van der Waals surface area contributed by atoms with Crippen molar-refractivity contribution in [2.24, 2.45) is 34.7 Å². The van der Waals surface area contributed by atoms with Gasteiger partial charge in [0.05, 0.1) is 80.2 Å². The Bertz CT molecular complexity index is 3190. The average Bonchev–Trinajstić information content (AvgIpc) is 3.03. The molecular formula is C66H89N7O8. The van der Waals surface area contributed by atoms with Crippen LogP contribution in [0.5, 0.6) is 23.0 Å². The second-order valence-electron chi connectivity index (χ2n) is 25.3. The van der Waals surface area contributed by atoms with E-state index in [0.717, 1.165) is 164 Å². The van der Waals surface area contributed by atoms with Gasteiger partial charge in [-0.2, -0.15) is 5.10 Å². The van der Waals surface area contributed by atoms with E-state index in [9.17, 15) is 4.79 Å². The minimum atomic E-state index is -0.215. The molecule has 5 aliphatic heterocycles. The van der Waals surface area contributed by atoms with Gasteiger partial charge in [0.25, 0.3) is 0 Å². The summed E-state index contributed by atoms with van der Waals surface area (Å²) in [5, 5.41) is 4.60. The number of carbonyl (C=O) groups excluding carboxylic acids is 2. The first-order chi connectivity index (χ1) is 38.9.